The fraction of sp³-hybridized carbons (Fsp3) is 0.286. The molecule has 2 aromatic rings. The van der Waals surface area contributed by atoms with Crippen molar-refractivity contribution in [2.45, 2.75) is 18.0 Å². The minimum atomic E-state index is -4.58. The fourth-order valence-corrected chi connectivity index (χ4v) is 3.78. The van der Waals surface area contributed by atoms with Crippen LogP contribution in [0.2, 0.25) is 0 Å². The van der Waals surface area contributed by atoms with Crippen LogP contribution in [-0.4, -0.2) is 32.0 Å². The molecule has 0 heterocycles. The van der Waals surface area contributed by atoms with Crippen LogP contribution in [0.1, 0.15) is 6.92 Å². The van der Waals surface area contributed by atoms with E-state index in [2.05, 4.69) is 0 Å². The number of alkyl halides is 3. The topological polar surface area (TPSA) is 37.4 Å². The summed E-state index contributed by atoms with van der Waals surface area (Å²) in [6, 6.07) is 11.3. The maximum Gasteiger partial charge on any atom is 0.402 e. The van der Waals surface area contributed by atoms with E-state index in [-0.39, 0.29) is 11.4 Å². The Kier molecular flexibility index (Phi) is 4.25. The van der Waals surface area contributed by atoms with Crippen LogP contribution in [0.5, 0.6) is 0 Å². The predicted molar refractivity (Wildman–Crippen MR) is 74.4 cm³/mol. The number of sulfonamides is 1. The molecule has 0 saturated carbocycles. The molecule has 3 nitrogen and oxygen atoms in total. The Morgan fingerprint density at radius 3 is 2.29 bits per heavy atom. The van der Waals surface area contributed by atoms with Crippen molar-refractivity contribution in [1.29, 1.82) is 0 Å². The molecule has 0 bridgehead atoms. The Morgan fingerprint density at radius 2 is 1.67 bits per heavy atom. The van der Waals surface area contributed by atoms with Crippen LogP contribution in [0.25, 0.3) is 10.8 Å². The average molecular weight is 317 g/mol. The number of benzene rings is 2. The van der Waals surface area contributed by atoms with Gasteiger partial charge in [0, 0.05) is 11.9 Å². The van der Waals surface area contributed by atoms with Crippen LogP contribution in [0, 0.1) is 0 Å². The molecule has 2 aromatic carbocycles. The van der Waals surface area contributed by atoms with Crippen molar-refractivity contribution in [3.05, 3.63) is 42.5 Å². The maximum absolute atomic E-state index is 12.5. The standard InChI is InChI=1S/C14H14F3NO2S/c1-2-18(10-14(15,16)17)21(19,20)13-9-5-7-11-6-3-4-8-12(11)13/h3-9H,2,10H2,1H3. The summed E-state index contributed by atoms with van der Waals surface area (Å²) in [5, 5.41) is 1.09. The van der Waals surface area contributed by atoms with Gasteiger partial charge < -0.3 is 0 Å². The van der Waals surface area contributed by atoms with Gasteiger partial charge in [0.05, 0.1) is 4.90 Å². The largest absolute Gasteiger partial charge is 0.402 e. The van der Waals surface area contributed by atoms with Gasteiger partial charge in [0.25, 0.3) is 0 Å². The van der Waals surface area contributed by atoms with E-state index in [1.165, 1.54) is 19.1 Å². The summed E-state index contributed by atoms with van der Waals surface area (Å²) >= 11 is 0. The van der Waals surface area contributed by atoms with Crippen molar-refractivity contribution in [3.8, 4) is 0 Å². The normalized spacial score (nSPS) is 13.0. The molecular formula is C14H14F3NO2S. The van der Waals surface area contributed by atoms with Crippen molar-refractivity contribution in [3.63, 3.8) is 0 Å². The quantitative estimate of drug-likeness (QED) is 0.866. The van der Waals surface area contributed by atoms with E-state index in [0.717, 1.165) is 0 Å². The van der Waals surface area contributed by atoms with E-state index in [4.69, 9.17) is 0 Å². The third kappa shape index (κ3) is 3.36. The summed E-state index contributed by atoms with van der Waals surface area (Å²) in [5.41, 5.74) is 0. The van der Waals surface area contributed by atoms with Gasteiger partial charge >= 0.3 is 6.18 Å². The van der Waals surface area contributed by atoms with Crippen molar-refractivity contribution < 1.29 is 21.6 Å². The lowest BCUT2D eigenvalue weighted by Gasteiger charge is -2.22. The lowest BCUT2D eigenvalue weighted by atomic mass is 10.1. The zero-order chi connectivity index (χ0) is 15.7. The van der Waals surface area contributed by atoms with Crippen molar-refractivity contribution in [2.75, 3.05) is 13.1 Å². The highest BCUT2D eigenvalue weighted by Crippen LogP contribution is 2.27. The number of rotatable bonds is 4. The lowest BCUT2D eigenvalue weighted by Crippen LogP contribution is -2.38. The van der Waals surface area contributed by atoms with Gasteiger partial charge in [-0.1, -0.05) is 43.3 Å². The van der Waals surface area contributed by atoms with Crippen LogP contribution in [0.15, 0.2) is 47.4 Å². The molecule has 0 fully saturated rings. The molecule has 114 valence electrons. The van der Waals surface area contributed by atoms with Crippen molar-refractivity contribution >= 4 is 20.8 Å². The first-order valence-corrected chi connectivity index (χ1v) is 7.74. The van der Waals surface area contributed by atoms with Crippen molar-refractivity contribution in [1.82, 2.24) is 4.31 Å². The first-order valence-electron chi connectivity index (χ1n) is 6.30. The third-order valence-electron chi connectivity index (χ3n) is 3.08. The van der Waals surface area contributed by atoms with Gasteiger partial charge in [-0.05, 0) is 11.5 Å². The molecule has 0 aliphatic carbocycles. The molecule has 0 spiro atoms. The predicted octanol–water partition coefficient (Wildman–Crippen LogP) is 3.41. The first kappa shape index (κ1) is 15.8. The van der Waals surface area contributed by atoms with Crippen LogP contribution in [0.3, 0.4) is 0 Å². The van der Waals surface area contributed by atoms with Gasteiger partial charge in [-0.2, -0.15) is 17.5 Å². The van der Waals surface area contributed by atoms with Gasteiger partial charge in [-0.15, -0.1) is 0 Å². The second kappa shape index (κ2) is 5.65. The Bertz CT molecular complexity index is 736. The van der Waals surface area contributed by atoms with E-state index in [0.29, 0.717) is 15.1 Å². The molecular weight excluding hydrogens is 303 g/mol. The summed E-state index contributed by atoms with van der Waals surface area (Å²) in [7, 11) is -4.20. The smallest absolute Gasteiger partial charge is 0.207 e. The van der Waals surface area contributed by atoms with Crippen molar-refractivity contribution in [2.24, 2.45) is 0 Å². The summed E-state index contributed by atoms with van der Waals surface area (Å²) in [4.78, 5) is -0.105. The van der Waals surface area contributed by atoms with E-state index >= 15 is 0 Å². The van der Waals surface area contributed by atoms with E-state index < -0.39 is 22.7 Å². The number of nitrogens with zero attached hydrogens (tertiary/aromatic N) is 1. The molecule has 0 saturated heterocycles. The van der Waals surface area contributed by atoms with Crippen LogP contribution < -0.4 is 0 Å². The average Bonchev–Trinajstić information content (AvgIpc) is 2.43. The summed E-state index contributed by atoms with van der Waals surface area (Å²) in [6.07, 6.45) is -4.58. The van der Waals surface area contributed by atoms with Gasteiger partial charge in [-0.25, -0.2) is 8.42 Å². The molecule has 0 radical (unpaired) electrons. The zero-order valence-corrected chi connectivity index (χ0v) is 12.1. The van der Waals surface area contributed by atoms with Gasteiger partial charge in [0.2, 0.25) is 10.0 Å². The van der Waals surface area contributed by atoms with E-state index in [1.807, 2.05) is 0 Å². The second-order valence-electron chi connectivity index (χ2n) is 4.52. The second-order valence-corrected chi connectivity index (χ2v) is 6.43. The van der Waals surface area contributed by atoms with E-state index in [9.17, 15) is 21.6 Å². The number of hydrogen-bond acceptors (Lipinski definition) is 2. The molecule has 0 atom stereocenters. The minimum Gasteiger partial charge on any atom is -0.207 e. The molecule has 0 aromatic heterocycles. The fourth-order valence-electron chi connectivity index (χ4n) is 2.13. The number of halogens is 3. The Balaban J connectivity index is 2.55. The Labute approximate surface area is 121 Å². The molecule has 0 aliphatic heterocycles. The molecule has 21 heavy (non-hydrogen) atoms. The maximum atomic E-state index is 12.5. The summed E-state index contributed by atoms with van der Waals surface area (Å²) in [5.74, 6) is 0. The highest BCUT2D eigenvalue weighted by atomic mass is 32.2. The molecule has 0 unspecified atom stereocenters. The molecule has 0 amide bonds. The Morgan fingerprint density at radius 1 is 1.05 bits per heavy atom. The van der Waals surface area contributed by atoms with Crippen LogP contribution >= 0.6 is 0 Å². The highest BCUT2D eigenvalue weighted by Gasteiger charge is 2.36. The minimum absolute atomic E-state index is 0.105. The SMILES string of the molecule is CCN(CC(F)(F)F)S(=O)(=O)c1cccc2ccccc12. The molecule has 2 rings (SSSR count). The van der Waals surface area contributed by atoms with E-state index in [1.54, 1.807) is 30.3 Å². The first-order chi connectivity index (χ1) is 9.75. The van der Waals surface area contributed by atoms with Crippen LogP contribution in [-0.2, 0) is 10.0 Å². The Hall–Kier alpha value is -1.60. The highest BCUT2D eigenvalue weighted by molar-refractivity contribution is 7.89. The summed E-state index contributed by atoms with van der Waals surface area (Å²) in [6.45, 7) is -0.353. The monoisotopic (exact) mass is 317 g/mol. The lowest BCUT2D eigenvalue weighted by molar-refractivity contribution is -0.135. The van der Waals surface area contributed by atoms with Gasteiger partial charge in [0.1, 0.15) is 6.54 Å². The van der Waals surface area contributed by atoms with Gasteiger partial charge in [0.15, 0.2) is 0 Å². The summed E-state index contributed by atoms with van der Waals surface area (Å²) < 4.78 is 63.0. The number of hydrogen-bond donors (Lipinski definition) is 0. The zero-order valence-electron chi connectivity index (χ0n) is 11.3. The number of fused-ring (bicyclic) bond motifs is 1. The van der Waals surface area contributed by atoms with Crippen LogP contribution in [0.4, 0.5) is 13.2 Å². The third-order valence-corrected chi connectivity index (χ3v) is 5.05. The molecule has 0 N–H and O–H groups in total. The molecule has 7 heteroatoms. The molecule has 0 aliphatic rings. The van der Waals surface area contributed by atoms with Gasteiger partial charge in [-0.3, -0.25) is 0 Å².